The molecular weight excluding hydrogens is 230 g/mol. The molecule has 0 atom stereocenters. The molecule has 1 aromatic heterocycles. The number of aryl methyl sites for hydroxylation is 1. The Labute approximate surface area is 84.7 Å². The summed E-state index contributed by atoms with van der Waals surface area (Å²) in [7, 11) is 0. The molecule has 2 nitrogen and oxygen atoms in total. The van der Waals surface area contributed by atoms with Crippen molar-refractivity contribution in [2.45, 2.75) is 6.92 Å². The molecule has 0 N–H and O–H groups in total. The zero-order valence-corrected chi connectivity index (χ0v) is 8.71. The van der Waals surface area contributed by atoms with Crippen molar-refractivity contribution in [3.63, 3.8) is 0 Å². The van der Waals surface area contributed by atoms with Crippen LogP contribution in [0.3, 0.4) is 0 Å². The maximum absolute atomic E-state index is 5.39. The van der Waals surface area contributed by atoms with Gasteiger partial charge >= 0.3 is 0 Å². The SMILES string of the molecule is Cc1cnc(-c2cccc(Br)c2)o1. The highest BCUT2D eigenvalue weighted by Crippen LogP contribution is 2.22. The van der Waals surface area contributed by atoms with Gasteiger partial charge in [0, 0.05) is 10.0 Å². The van der Waals surface area contributed by atoms with E-state index in [0.29, 0.717) is 5.89 Å². The number of benzene rings is 1. The topological polar surface area (TPSA) is 26.0 Å². The van der Waals surface area contributed by atoms with Crippen molar-refractivity contribution < 1.29 is 4.42 Å². The molecule has 2 aromatic rings. The Morgan fingerprint density at radius 2 is 2.23 bits per heavy atom. The van der Waals surface area contributed by atoms with E-state index in [-0.39, 0.29) is 0 Å². The van der Waals surface area contributed by atoms with E-state index >= 15 is 0 Å². The van der Waals surface area contributed by atoms with E-state index < -0.39 is 0 Å². The molecule has 1 aromatic carbocycles. The van der Waals surface area contributed by atoms with Crippen LogP contribution in [0.4, 0.5) is 0 Å². The Kier molecular flexibility index (Phi) is 2.19. The minimum absolute atomic E-state index is 0.666. The van der Waals surface area contributed by atoms with E-state index in [1.807, 2.05) is 31.2 Å². The van der Waals surface area contributed by atoms with Gasteiger partial charge in [0.25, 0.3) is 0 Å². The maximum atomic E-state index is 5.39. The zero-order valence-electron chi connectivity index (χ0n) is 7.12. The average Bonchev–Trinajstić information content (AvgIpc) is 2.52. The highest BCUT2D eigenvalue weighted by Gasteiger charge is 2.03. The van der Waals surface area contributed by atoms with Crippen LogP contribution in [0.1, 0.15) is 5.76 Å². The normalized spacial score (nSPS) is 10.3. The second-order valence-electron chi connectivity index (χ2n) is 2.79. The largest absolute Gasteiger partial charge is 0.441 e. The van der Waals surface area contributed by atoms with E-state index in [9.17, 15) is 0 Å². The molecule has 13 heavy (non-hydrogen) atoms. The van der Waals surface area contributed by atoms with Crippen LogP contribution < -0.4 is 0 Å². The lowest BCUT2D eigenvalue weighted by Gasteiger charge is -1.95. The van der Waals surface area contributed by atoms with Crippen molar-refractivity contribution in [1.82, 2.24) is 4.98 Å². The van der Waals surface area contributed by atoms with Gasteiger partial charge in [-0.05, 0) is 25.1 Å². The monoisotopic (exact) mass is 237 g/mol. The summed E-state index contributed by atoms with van der Waals surface area (Å²) in [5.41, 5.74) is 0.988. The molecule has 0 spiro atoms. The van der Waals surface area contributed by atoms with Crippen molar-refractivity contribution >= 4 is 15.9 Å². The summed E-state index contributed by atoms with van der Waals surface area (Å²) < 4.78 is 6.42. The minimum Gasteiger partial charge on any atom is -0.441 e. The number of halogens is 1. The lowest BCUT2D eigenvalue weighted by molar-refractivity contribution is 0.542. The van der Waals surface area contributed by atoms with E-state index in [1.165, 1.54) is 0 Å². The summed E-state index contributed by atoms with van der Waals surface area (Å²) in [5.74, 6) is 1.49. The Morgan fingerprint density at radius 1 is 1.38 bits per heavy atom. The molecule has 0 bridgehead atoms. The Bertz CT molecular complexity index is 422. The van der Waals surface area contributed by atoms with Crippen LogP contribution in [0.25, 0.3) is 11.5 Å². The van der Waals surface area contributed by atoms with Gasteiger partial charge in [0.1, 0.15) is 5.76 Å². The summed E-state index contributed by atoms with van der Waals surface area (Å²) in [6.07, 6.45) is 1.72. The number of hydrogen-bond donors (Lipinski definition) is 0. The lowest BCUT2D eigenvalue weighted by atomic mass is 10.2. The van der Waals surface area contributed by atoms with Crippen molar-refractivity contribution in [2.75, 3.05) is 0 Å². The van der Waals surface area contributed by atoms with E-state index in [1.54, 1.807) is 6.20 Å². The summed E-state index contributed by atoms with van der Waals surface area (Å²) >= 11 is 3.40. The van der Waals surface area contributed by atoms with Gasteiger partial charge < -0.3 is 4.42 Å². The van der Waals surface area contributed by atoms with Crippen LogP contribution in [-0.2, 0) is 0 Å². The molecule has 1 heterocycles. The smallest absolute Gasteiger partial charge is 0.226 e. The number of hydrogen-bond acceptors (Lipinski definition) is 2. The van der Waals surface area contributed by atoms with Crippen molar-refractivity contribution in [2.24, 2.45) is 0 Å². The number of oxazole rings is 1. The van der Waals surface area contributed by atoms with Gasteiger partial charge in [0.05, 0.1) is 6.20 Å². The Hall–Kier alpha value is -1.09. The van der Waals surface area contributed by atoms with Gasteiger partial charge in [-0.2, -0.15) is 0 Å². The van der Waals surface area contributed by atoms with Crippen LogP contribution in [-0.4, -0.2) is 4.98 Å². The number of rotatable bonds is 1. The minimum atomic E-state index is 0.666. The average molecular weight is 238 g/mol. The predicted molar refractivity (Wildman–Crippen MR) is 54.4 cm³/mol. The third-order valence-corrected chi connectivity index (χ3v) is 2.19. The van der Waals surface area contributed by atoms with Crippen molar-refractivity contribution in [3.05, 3.63) is 40.7 Å². The predicted octanol–water partition coefficient (Wildman–Crippen LogP) is 3.41. The maximum Gasteiger partial charge on any atom is 0.226 e. The molecule has 0 aliphatic heterocycles. The molecule has 0 radical (unpaired) electrons. The molecule has 3 heteroatoms. The first-order valence-electron chi connectivity index (χ1n) is 3.94. The van der Waals surface area contributed by atoms with Crippen LogP contribution >= 0.6 is 15.9 Å². The first-order valence-corrected chi connectivity index (χ1v) is 4.73. The van der Waals surface area contributed by atoms with E-state index in [0.717, 1.165) is 15.8 Å². The molecule has 0 saturated heterocycles. The van der Waals surface area contributed by atoms with Gasteiger partial charge in [0.2, 0.25) is 5.89 Å². The van der Waals surface area contributed by atoms with Crippen molar-refractivity contribution in [3.8, 4) is 11.5 Å². The van der Waals surface area contributed by atoms with Gasteiger partial charge in [-0.3, -0.25) is 0 Å². The van der Waals surface area contributed by atoms with Gasteiger partial charge in [0.15, 0.2) is 0 Å². The first kappa shape index (κ1) is 8.51. The van der Waals surface area contributed by atoms with E-state index in [2.05, 4.69) is 20.9 Å². The van der Waals surface area contributed by atoms with Crippen LogP contribution in [0.2, 0.25) is 0 Å². The standard InChI is InChI=1S/C10H8BrNO/c1-7-6-12-10(13-7)8-3-2-4-9(11)5-8/h2-6H,1H3. The summed E-state index contributed by atoms with van der Waals surface area (Å²) in [6, 6.07) is 7.87. The fraction of sp³-hybridized carbons (Fsp3) is 0.100. The highest BCUT2D eigenvalue weighted by atomic mass is 79.9. The molecule has 0 amide bonds. The molecule has 0 aliphatic carbocycles. The zero-order chi connectivity index (χ0) is 9.26. The quantitative estimate of drug-likeness (QED) is 0.760. The van der Waals surface area contributed by atoms with Crippen LogP contribution in [0, 0.1) is 6.92 Å². The van der Waals surface area contributed by atoms with Crippen molar-refractivity contribution in [1.29, 1.82) is 0 Å². The molecule has 0 aliphatic rings. The third kappa shape index (κ3) is 1.80. The van der Waals surface area contributed by atoms with Gasteiger partial charge in [-0.1, -0.05) is 22.0 Å². The first-order chi connectivity index (χ1) is 6.25. The highest BCUT2D eigenvalue weighted by molar-refractivity contribution is 9.10. The summed E-state index contributed by atoms with van der Waals surface area (Å²) in [4.78, 5) is 4.14. The molecule has 0 saturated carbocycles. The number of nitrogens with zero attached hydrogens (tertiary/aromatic N) is 1. The second-order valence-corrected chi connectivity index (χ2v) is 3.70. The van der Waals surface area contributed by atoms with Gasteiger partial charge in [-0.15, -0.1) is 0 Å². The molecule has 0 fully saturated rings. The number of aromatic nitrogens is 1. The summed E-state index contributed by atoms with van der Waals surface area (Å²) in [5, 5.41) is 0. The van der Waals surface area contributed by atoms with E-state index in [4.69, 9.17) is 4.42 Å². The Morgan fingerprint density at radius 3 is 2.85 bits per heavy atom. The molecule has 66 valence electrons. The van der Waals surface area contributed by atoms with Crippen LogP contribution in [0.15, 0.2) is 39.4 Å². The molecule has 2 rings (SSSR count). The summed E-state index contributed by atoms with van der Waals surface area (Å²) in [6.45, 7) is 1.88. The van der Waals surface area contributed by atoms with Crippen LogP contribution in [0.5, 0.6) is 0 Å². The van der Waals surface area contributed by atoms with Gasteiger partial charge in [-0.25, -0.2) is 4.98 Å². The Balaban J connectivity index is 2.46. The second kappa shape index (κ2) is 3.34. The molecule has 0 unspecified atom stereocenters. The lowest BCUT2D eigenvalue weighted by Crippen LogP contribution is -1.75. The fourth-order valence-corrected chi connectivity index (χ4v) is 1.51. The molecular formula is C10H8BrNO. The third-order valence-electron chi connectivity index (χ3n) is 1.69. The fourth-order valence-electron chi connectivity index (χ4n) is 1.11.